The van der Waals surface area contributed by atoms with Crippen molar-refractivity contribution in [2.45, 2.75) is 6.42 Å². The molecule has 6 nitrogen and oxygen atoms in total. The summed E-state index contributed by atoms with van der Waals surface area (Å²) in [7, 11) is 0. The lowest BCUT2D eigenvalue weighted by atomic mass is 10.2. The first-order valence-corrected chi connectivity index (χ1v) is 4.74. The number of carboxylic acid groups (broad SMARTS) is 1. The minimum absolute atomic E-state index is 0.110. The summed E-state index contributed by atoms with van der Waals surface area (Å²) in [4.78, 5) is 26.6. The van der Waals surface area contributed by atoms with E-state index in [0.29, 0.717) is 18.5 Å². The fraction of sp³-hybridized carbons (Fsp3) is 0.375. The second-order valence-electron chi connectivity index (χ2n) is 2.92. The monoisotopic (exact) mass is 229 g/mol. The molecule has 0 bridgehead atoms. The van der Waals surface area contributed by atoms with Gasteiger partial charge in [-0.1, -0.05) is 0 Å². The van der Waals surface area contributed by atoms with Crippen LogP contribution in [0.4, 0.5) is 0 Å². The molecule has 0 amide bonds. The zero-order valence-electron chi connectivity index (χ0n) is 7.87. The number of aromatic amines is 2. The van der Waals surface area contributed by atoms with Crippen LogP contribution >= 0.6 is 12.2 Å². The van der Waals surface area contributed by atoms with E-state index < -0.39 is 5.97 Å². The first-order valence-electron chi connectivity index (χ1n) is 4.33. The quantitative estimate of drug-likeness (QED) is 0.408. The van der Waals surface area contributed by atoms with Crippen molar-refractivity contribution in [3.63, 3.8) is 0 Å². The van der Waals surface area contributed by atoms with E-state index in [1.807, 2.05) is 0 Å². The summed E-state index contributed by atoms with van der Waals surface area (Å²) in [5, 5.41) is 11.0. The predicted octanol–water partition coefficient (Wildman–Crippen LogP) is -0.351. The van der Waals surface area contributed by atoms with Crippen LogP contribution in [-0.4, -0.2) is 34.1 Å². The van der Waals surface area contributed by atoms with E-state index >= 15 is 0 Å². The number of H-pyrrole nitrogens is 2. The van der Waals surface area contributed by atoms with Crippen LogP contribution in [0.25, 0.3) is 0 Å². The molecular formula is C8H11N3O3S. The Morgan fingerprint density at radius 2 is 2.33 bits per heavy atom. The van der Waals surface area contributed by atoms with Crippen molar-refractivity contribution in [2.75, 3.05) is 13.1 Å². The van der Waals surface area contributed by atoms with Crippen LogP contribution in [0.2, 0.25) is 0 Å². The highest BCUT2D eigenvalue weighted by Gasteiger charge is 2.00. The Balaban J connectivity index is 2.48. The lowest BCUT2D eigenvalue weighted by molar-refractivity contribution is -0.135. The number of aliphatic carboxylic acids is 1. The van der Waals surface area contributed by atoms with Crippen LogP contribution in [0.1, 0.15) is 5.56 Å². The lowest BCUT2D eigenvalue weighted by Gasteiger charge is -2.00. The molecule has 0 saturated heterocycles. The van der Waals surface area contributed by atoms with Gasteiger partial charge in [0.2, 0.25) is 0 Å². The summed E-state index contributed by atoms with van der Waals surface area (Å²) in [6.45, 7) is 0.320. The Kier molecular flexibility index (Phi) is 4.19. The molecule has 7 heteroatoms. The van der Waals surface area contributed by atoms with Crippen molar-refractivity contribution in [1.29, 1.82) is 0 Å². The van der Waals surface area contributed by atoms with Crippen molar-refractivity contribution >= 4 is 18.2 Å². The maximum absolute atomic E-state index is 11.3. The highest BCUT2D eigenvalue weighted by atomic mass is 32.1. The van der Waals surface area contributed by atoms with E-state index in [0.717, 1.165) is 0 Å². The van der Waals surface area contributed by atoms with E-state index in [2.05, 4.69) is 15.3 Å². The Hall–Kier alpha value is -1.47. The van der Waals surface area contributed by atoms with E-state index in [1.165, 1.54) is 6.20 Å². The van der Waals surface area contributed by atoms with Crippen LogP contribution in [0, 0.1) is 4.77 Å². The zero-order valence-corrected chi connectivity index (χ0v) is 8.69. The van der Waals surface area contributed by atoms with Crippen molar-refractivity contribution in [2.24, 2.45) is 0 Å². The van der Waals surface area contributed by atoms with E-state index in [1.54, 1.807) is 0 Å². The maximum Gasteiger partial charge on any atom is 0.317 e. The first kappa shape index (κ1) is 11.6. The second kappa shape index (κ2) is 5.42. The average Bonchev–Trinajstić information content (AvgIpc) is 2.14. The van der Waals surface area contributed by atoms with E-state index in [9.17, 15) is 9.59 Å². The minimum atomic E-state index is -0.920. The Morgan fingerprint density at radius 1 is 1.60 bits per heavy atom. The molecule has 0 aromatic carbocycles. The molecule has 0 aliphatic heterocycles. The van der Waals surface area contributed by atoms with Crippen LogP contribution in [-0.2, 0) is 11.2 Å². The summed E-state index contributed by atoms with van der Waals surface area (Å²) in [6.07, 6.45) is 1.98. The molecule has 1 aromatic heterocycles. The molecule has 0 fully saturated rings. The largest absolute Gasteiger partial charge is 0.480 e. The van der Waals surface area contributed by atoms with Gasteiger partial charge >= 0.3 is 5.97 Å². The molecular weight excluding hydrogens is 218 g/mol. The van der Waals surface area contributed by atoms with Gasteiger partial charge in [-0.2, -0.15) is 0 Å². The van der Waals surface area contributed by atoms with Crippen molar-refractivity contribution in [3.05, 3.63) is 26.9 Å². The Labute approximate surface area is 90.4 Å². The number of carboxylic acids is 1. The summed E-state index contributed by atoms with van der Waals surface area (Å²) >= 11 is 4.72. The van der Waals surface area contributed by atoms with Crippen LogP contribution in [0.15, 0.2) is 11.0 Å². The van der Waals surface area contributed by atoms with E-state index in [-0.39, 0.29) is 16.9 Å². The summed E-state index contributed by atoms with van der Waals surface area (Å²) in [5.41, 5.74) is 0.303. The highest BCUT2D eigenvalue weighted by Crippen LogP contribution is 1.87. The van der Waals surface area contributed by atoms with Crippen molar-refractivity contribution in [1.82, 2.24) is 15.3 Å². The fourth-order valence-corrected chi connectivity index (χ4v) is 1.19. The van der Waals surface area contributed by atoms with Crippen molar-refractivity contribution < 1.29 is 9.90 Å². The standard InChI is InChI=1S/C8H11N3O3S/c12-6(13)4-9-2-1-5-3-10-8(15)11-7(5)14/h3,9H,1-2,4H2,(H,12,13)(H2,10,11,14,15). The molecule has 0 saturated carbocycles. The maximum atomic E-state index is 11.3. The summed E-state index contributed by atoms with van der Waals surface area (Å²) in [5.74, 6) is -0.920. The molecule has 82 valence electrons. The van der Waals surface area contributed by atoms with Crippen LogP contribution in [0.3, 0.4) is 0 Å². The van der Waals surface area contributed by atoms with Gasteiger partial charge < -0.3 is 15.4 Å². The molecule has 0 spiro atoms. The second-order valence-corrected chi connectivity index (χ2v) is 3.33. The topological polar surface area (TPSA) is 98.0 Å². The number of rotatable bonds is 5. The third-order valence-electron chi connectivity index (χ3n) is 1.74. The normalized spacial score (nSPS) is 10.1. The molecule has 0 unspecified atom stereocenters. The third-order valence-corrected chi connectivity index (χ3v) is 1.96. The van der Waals surface area contributed by atoms with Gasteiger partial charge in [-0.15, -0.1) is 0 Å². The highest BCUT2D eigenvalue weighted by molar-refractivity contribution is 7.71. The number of aromatic nitrogens is 2. The van der Waals surface area contributed by atoms with Gasteiger partial charge in [-0.3, -0.25) is 14.6 Å². The molecule has 1 rings (SSSR count). The Bertz CT molecular complexity index is 451. The van der Waals surface area contributed by atoms with Crippen molar-refractivity contribution in [3.8, 4) is 0 Å². The van der Waals surface area contributed by atoms with Gasteiger partial charge in [0, 0.05) is 11.8 Å². The van der Waals surface area contributed by atoms with E-state index in [4.69, 9.17) is 17.3 Å². The first-order chi connectivity index (χ1) is 7.09. The van der Waals surface area contributed by atoms with Gasteiger partial charge in [-0.05, 0) is 25.2 Å². The number of hydrogen-bond acceptors (Lipinski definition) is 4. The molecule has 1 aromatic rings. The van der Waals surface area contributed by atoms with Gasteiger partial charge in [0.1, 0.15) is 0 Å². The Morgan fingerprint density at radius 3 is 2.93 bits per heavy atom. The minimum Gasteiger partial charge on any atom is -0.480 e. The van der Waals surface area contributed by atoms with Gasteiger partial charge in [0.05, 0.1) is 6.54 Å². The summed E-state index contributed by atoms with van der Waals surface area (Å²) in [6, 6.07) is 0. The molecule has 0 aliphatic carbocycles. The SMILES string of the molecule is O=C(O)CNCCc1c[nH]c(=S)[nH]c1=O. The summed E-state index contributed by atoms with van der Waals surface area (Å²) < 4.78 is 0.280. The molecule has 0 atom stereocenters. The molecule has 4 N–H and O–H groups in total. The van der Waals surface area contributed by atoms with Gasteiger partial charge in [-0.25, -0.2) is 0 Å². The molecule has 0 radical (unpaired) electrons. The average molecular weight is 229 g/mol. The predicted molar refractivity (Wildman–Crippen MR) is 56.5 cm³/mol. The van der Waals surface area contributed by atoms with Crippen LogP contribution < -0.4 is 10.9 Å². The molecule has 0 aliphatic rings. The zero-order chi connectivity index (χ0) is 11.3. The lowest BCUT2D eigenvalue weighted by Crippen LogP contribution is -2.26. The number of hydrogen-bond donors (Lipinski definition) is 4. The molecule has 15 heavy (non-hydrogen) atoms. The smallest absolute Gasteiger partial charge is 0.317 e. The fourth-order valence-electron chi connectivity index (χ4n) is 1.04. The van der Waals surface area contributed by atoms with Gasteiger partial charge in [0.25, 0.3) is 5.56 Å². The number of carbonyl (C=O) groups is 1. The van der Waals surface area contributed by atoms with Gasteiger partial charge in [0.15, 0.2) is 4.77 Å². The van der Waals surface area contributed by atoms with Crippen LogP contribution in [0.5, 0.6) is 0 Å². The third kappa shape index (κ3) is 4.05. The number of nitrogens with one attached hydrogen (secondary N) is 3. The molecule has 1 heterocycles.